The summed E-state index contributed by atoms with van der Waals surface area (Å²) < 4.78 is 9.19. The van der Waals surface area contributed by atoms with E-state index < -0.39 is 0 Å². The van der Waals surface area contributed by atoms with Crippen molar-refractivity contribution in [3.63, 3.8) is 0 Å². The number of rotatable bonds is 6. The van der Waals surface area contributed by atoms with Crippen LogP contribution in [0, 0.1) is 0 Å². The highest BCUT2D eigenvalue weighted by molar-refractivity contribution is 7.25. The van der Waals surface area contributed by atoms with Gasteiger partial charge in [0.1, 0.15) is 11.2 Å². The van der Waals surface area contributed by atoms with Gasteiger partial charge in [0.25, 0.3) is 0 Å². The van der Waals surface area contributed by atoms with Crippen LogP contribution in [0.3, 0.4) is 0 Å². The van der Waals surface area contributed by atoms with Crippen molar-refractivity contribution in [3.05, 3.63) is 187 Å². The van der Waals surface area contributed by atoms with E-state index in [2.05, 4.69) is 182 Å². The van der Waals surface area contributed by atoms with E-state index in [0.29, 0.717) is 0 Å². The fourth-order valence-corrected chi connectivity index (χ4v) is 8.22. The summed E-state index contributed by atoms with van der Waals surface area (Å²) in [6.45, 7) is 2.32. The van der Waals surface area contributed by atoms with Gasteiger partial charge < -0.3 is 9.32 Å². The molecule has 0 amide bonds. The van der Waals surface area contributed by atoms with Crippen LogP contribution in [-0.2, 0) is 5.41 Å². The predicted octanol–water partition coefficient (Wildman–Crippen LogP) is 12.8. The van der Waals surface area contributed by atoms with E-state index >= 15 is 0 Å². The van der Waals surface area contributed by atoms with Crippen molar-refractivity contribution in [2.75, 3.05) is 4.90 Å². The Hall–Kier alpha value is -5.64. The van der Waals surface area contributed by atoms with Crippen LogP contribution in [-0.4, -0.2) is 0 Å². The summed E-state index contributed by atoms with van der Waals surface area (Å²) in [6, 6.07) is 61.0. The first-order valence-corrected chi connectivity index (χ1v) is 16.8. The molecule has 0 saturated heterocycles. The molecule has 0 aliphatic rings. The lowest BCUT2D eigenvalue weighted by Crippen LogP contribution is -2.25. The van der Waals surface area contributed by atoms with Crippen molar-refractivity contribution in [2.24, 2.45) is 0 Å². The van der Waals surface area contributed by atoms with Crippen LogP contribution in [0.2, 0.25) is 0 Å². The lowest BCUT2D eigenvalue weighted by atomic mass is 9.71. The van der Waals surface area contributed by atoms with Gasteiger partial charge in [-0.25, -0.2) is 0 Å². The number of nitrogens with zero attached hydrogens (tertiary/aromatic N) is 1. The van der Waals surface area contributed by atoms with Crippen LogP contribution < -0.4 is 4.90 Å². The number of benzene rings is 7. The number of para-hydroxylation sites is 1. The molecule has 0 saturated carbocycles. The zero-order valence-corrected chi connectivity index (χ0v) is 26.7. The Bertz CT molecular complexity index is 2490. The zero-order chi connectivity index (χ0) is 31.4. The minimum Gasteiger partial charge on any atom is -0.456 e. The molecule has 47 heavy (non-hydrogen) atoms. The van der Waals surface area contributed by atoms with E-state index in [1.807, 2.05) is 11.3 Å². The Balaban J connectivity index is 1.20. The first-order chi connectivity index (χ1) is 23.2. The fraction of sp³-hybridized carbons (Fsp3) is 0.0455. The molecular formula is C44H31NOS. The van der Waals surface area contributed by atoms with Gasteiger partial charge in [-0.1, -0.05) is 103 Å². The molecule has 0 radical (unpaired) electrons. The van der Waals surface area contributed by atoms with Gasteiger partial charge in [0.15, 0.2) is 0 Å². The second-order valence-electron chi connectivity index (χ2n) is 12.3. The van der Waals surface area contributed by atoms with E-state index in [9.17, 15) is 0 Å². The quantitative estimate of drug-likeness (QED) is 0.172. The first kappa shape index (κ1) is 27.7. The topological polar surface area (TPSA) is 16.4 Å². The molecule has 0 bridgehead atoms. The highest BCUT2D eigenvalue weighted by Crippen LogP contribution is 2.44. The summed E-state index contributed by atoms with van der Waals surface area (Å²) >= 11 is 1.84. The summed E-state index contributed by atoms with van der Waals surface area (Å²) in [5.74, 6) is 0. The van der Waals surface area contributed by atoms with Crippen molar-refractivity contribution in [2.45, 2.75) is 12.3 Å². The fourth-order valence-electron chi connectivity index (χ4n) is 7.14. The van der Waals surface area contributed by atoms with E-state index in [1.54, 1.807) is 0 Å². The van der Waals surface area contributed by atoms with Crippen LogP contribution in [0.4, 0.5) is 17.1 Å². The van der Waals surface area contributed by atoms with E-state index in [4.69, 9.17) is 4.42 Å². The Morgan fingerprint density at radius 3 is 1.79 bits per heavy atom. The van der Waals surface area contributed by atoms with Crippen LogP contribution in [0.5, 0.6) is 0 Å². The third kappa shape index (κ3) is 4.54. The van der Waals surface area contributed by atoms with Gasteiger partial charge in [0, 0.05) is 59.5 Å². The maximum Gasteiger partial charge on any atom is 0.137 e. The van der Waals surface area contributed by atoms with E-state index in [-0.39, 0.29) is 5.41 Å². The van der Waals surface area contributed by atoms with Crippen LogP contribution in [0.15, 0.2) is 174 Å². The molecule has 0 N–H and O–H groups in total. The lowest BCUT2D eigenvalue weighted by Gasteiger charge is -2.32. The van der Waals surface area contributed by atoms with Crippen LogP contribution >= 0.6 is 11.3 Å². The molecule has 9 rings (SSSR count). The minimum absolute atomic E-state index is 0.325. The molecule has 0 atom stereocenters. The number of anilines is 3. The molecule has 0 spiro atoms. The Kier molecular flexibility index (Phi) is 6.48. The van der Waals surface area contributed by atoms with E-state index in [1.165, 1.54) is 36.9 Å². The number of thiophene rings is 1. The smallest absolute Gasteiger partial charge is 0.137 e. The molecule has 0 fully saturated rings. The van der Waals surface area contributed by atoms with Crippen molar-refractivity contribution in [1.29, 1.82) is 0 Å². The second-order valence-corrected chi connectivity index (χ2v) is 13.4. The molecule has 0 aliphatic carbocycles. The summed E-state index contributed by atoms with van der Waals surface area (Å²) in [5.41, 5.74) is 8.47. The minimum atomic E-state index is -0.325. The van der Waals surface area contributed by atoms with Crippen LogP contribution in [0.1, 0.15) is 23.6 Å². The first-order valence-electron chi connectivity index (χ1n) is 16.0. The molecule has 0 aliphatic heterocycles. The average molecular weight is 622 g/mol. The molecule has 2 nitrogen and oxygen atoms in total. The summed E-state index contributed by atoms with van der Waals surface area (Å²) in [4.78, 5) is 2.33. The van der Waals surface area contributed by atoms with Crippen molar-refractivity contribution < 1.29 is 4.42 Å². The highest BCUT2D eigenvalue weighted by atomic mass is 32.1. The van der Waals surface area contributed by atoms with E-state index in [0.717, 1.165) is 39.0 Å². The third-order valence-corrected chi connectivity index (χ3v) is 10.8. The molecule has 0 unspecified atom stereocenters. The average Bonchev–Trinajstić information content (AvgIpc) is 3.70. The zero-order valence-electron chi connectivity index (χ0n) is 25.9. The van der Waals surface area contributed by atoms with Crippen LogP contribution in [0.25, 0.3) is 42.1 Å². The number of hydrogen-bond donors (Lipinski definition) is 0. The largest absolute Gasteiger partial charge is 0.456 e. The third-order valence-electron chi connectivity index (χ3n) is 9.63. The second kappa shape index (κ2) is 11.0. The summed E-state index contributed by atoms with van der Waals surface area (Å²) in [7, 11) is 0. The van der Waals surface area contributed by atoms with Crippen molar-refractivity contribution in [3.8, 4) is 0 Å². The number of furan rings is 1. The van der Waals surface area contributed by atoms with Gasteiger partial charge in [-0.3, -0.25) is 0 Å². The molecule has 224 valence electrons. The van der Waals surface area contributed by atoms with Gasteiger partial charge in [-0.05, 0) is 84.3 Å². The van der Waals surface area contributed by atoms with Crippen molar-refractivity contribution in [1.82, 2.24) is 0 Å². The standard InChI is InChI=1S/C44H31NOS/c1-44(30-13-5-2-6-14-30,31-15-7-3-8-16-31)32-21-25-40-38(27-32)36-24-22-35(29-41(36)46-40)45(33-17-9-4-10-18-33)34-23-26-43-39(28-34)37-19-11-12-20-42(37)47-43/h2-29H,1H3. The summed E-state index contributed by atoms with van der Waals surface area (Å²) in [5, 5.41) is 4.81. The molecular weight excluding hydrogens is 591 g/mol. The molecule has 3 heteroatoms. The van der Waals surface area contributed by atoms with Gasteiger partial charge in [-0.2, -0.15) is 0 Å². The number of fused-ring (bicyclic) bond motifs is 6. The molecule has 7 aromatic carbocycles. The van der Waals surface area contributed by atoms with Gasteiger partial charge in [0.2, 0.25) is 0 Å². The normalized spacial score (nSPS) is 11.9. The Labute approximate surface area is 277 Å². The summed E-state index contributed by atoms with van der Waals surface area (Å²) in [6.07, 6.45) is 0. The maximum absolute atomic E-state index is 6.58. The predicted molar refractivity (Wildman–Crippen MR) is 200 cm³/mol. The highest BCUT2D eigenvalue weighted by Gasteiger charge is 2.31. The number of hydrogen-bond acceptors (Lipinski definition) is 3. The van der Waals surface area contributed by atoms with Gasteiger partial charge >= 0.3 is 0 Å². The molecule has 9 aromatic rings. The monoisotopic (exact) mass is 621 g/mol. The Morgan fingerprint density at radius 2 is 1.04 bits per heavy atom. The Morgan fingerprint density at radius 1 is 0.426 bits per heavy atom. The van der Waals surface area contributed by atoms with Gasteiger partial charge in [0.05, 0.1) is 0 Å². The SMILES string of the molecule is CC(c1ccccc1)(c1ccccc1)c1ccc2oc3cc(N(c4ccccc4)c4ccc5sc6ccccc6c5c4)ccc3c2c1. The van der Waals surface area contributed by atoms with Gasteiger partial charge in [-0.15, -0.1) is 11.3 Å². The van der Waals surface area contributed by atoms with Crippen molar-refractivity contribution >= 4 is 70.5 Å². The molecule has 2 heterocycles. The maximum atomic E-state index is 6.58. The lowest BCUT2D eigenvalue weighted by molar-refractivity contribution is 0.666. The molecule has 2 aromatic heterocycles.